The van der Waals surface area contributed by atoms with Crippen molar-refractivity contribution in [1.82, 2.24) is 15.1 Å². The third-order valence-corrected chi connectivity index (χ3v) is 5.62. The molecule has 8 heteroatoms. The summed E-state index contributed by atoms with van der Waals surface area (Å²) >= 11 is 0. The van der Waals surface area contributed by atoms with Crippen molar-refractivity contribution in [3.8, 4) is 16.9 Å². The number of nitrogens with two attached hydrogens (primary N) is 1. The quantitative estimate of drug-likeness (QED) is 0.488. The van der Waals surface area contributed by atoms with Gasteiger partial charge in [-0.15, -0.1) is 0 Å². The summed E-state index contributed by atoms with van der Waals surface area (Å²) in [6, 6.07) is 25.1. The first kappa shape index (κ1) is 20.5. The van der Waals surface area contributed by atoms with E-state index in [-0.39, 0.29) is 17.3 Å². The lowest BCUT2D eigenvalue weighted by Gasteiger charge is -2.07. The smallest absolute Gasteiger partial charge is 0.255 e. The molecule has 31 heavy (non-hydrogen) atoms. The molecular formula is C23H20N4O3S. The molecule has 156 valence electrons. The molecule has 0 unspecified atom stereocenters. The minimum absolute atomic E-state index is 0.00104. The molecule has 1 amide bonds. The highest BCUT2D eigenvalue weighted by Gasteiger charge is 2.18. The Morgan fingerprint density at radius 3 is 2.29 bits per heavy atom. The molecule has 0 spiro atoms. The van der Waals surface area contributed by atoms with Gasteiger partial charge in [-0.05, 0) is 29.8 Å². The van der Waals surface area contributed by atoms with Gasteiger partial charge < -0.3 is 5.32 Å². The summed E-state index contributed by atoms with van der Waals surface area (Å²) in [5, 5.41) is 12.7. The van der Waals surface area contributed by atoms with Gasteiger partial charge in [-0.3, -0.25) is 4.79 Å². The van der Waals surface area contributed by atoms with Crippen LogP contribution < -0.4 is 10.5 Å². The van der Waals surface area contributed by atoms with E-state index in [4.69, 9.17) is 5.14 Å². The van der Waals surface area contributed by atoms with Crippen LogP contribution in [0.2, 0.25) is 0 Å². The molecule has 0 saturated carbocycles. The van der Waals surface area contributed by atoms with E-state index in [0.717, 1.165) is 11.3 Å². The van der Waals surface area contributed by atoms with Crippen LogP contribution in [-0.2, 0) is 16.6 Å². The maximum absolute atomic E-state index is 13.0. The van der Waals surface area contributed by atoms with Crippen molar-refractivity contribution in [1.29, 1.82) is 0 Å². The highest BCUT2D eigenvalue weighted by atomic mass is 32.2. The molecule has 0 aliphatic rings. The van der Waals surface area contributed by atoms with Crippen LogP contribution in [0.15, 0.2) is 96.0 Å². The van der Waals surface area contributed by atoms with E-state index in [9.17, 15) is 13.2 Å². The van der Waals surface area contributed by atoms with Crippen molar-refractivity contribution in [3.63, 3.8) is 0 Å². The van der Waals surface area contributed by atoms with E-state index in [1.54, 1.807) is 23.0 Å². The Bertz CT molecular complexity index is 1320. The van der Waals surface area contributed by atoms with Gasteiger partial charge in [0.15, 0.2) is 0 Å². The predicted molar refractivity (Wildman–Crippen MR) is 118 cm³/mol. The largest absolute Gasteiger partial charge is 0.348 e. The molecule has 0 atom stereocenters. The van der Waals surface area contributed by atoms with Gasteiger partial charge >= 0.3 is 0 Å². The van der Waals surface area contributed by atoms with Crippen molar-refractivity contribution >= 4 is 15.9 Å². The first-order valence-corrected chi connectivity index (χ1v) is 11.1. The zero-order valence-electron chi connectivity index (χ0n) is 16.5. The Labute approximate surface area is 180 Å². The number of primary sulfonamides is 1. The topological polar surface area (TPSA) is 107 Å². The SMILES string of the molecule is NS(=O)(=O)c1cccc(CNC(=O)c2cn(-c3ccccc3)nc2-c2ccccc2)c1. The lowest BCUT2D eigenvalue weighted by Crippen LogP contribution is -2.23. The van der Waals surface area contributed by atoms with Gasteiger partial charge in [-0.1, -0.05) is 60.7 Å². The van der Waals surface area contributed by atoms with Crippen molar-refractivity contribution in [2.75, 3.05) is 0 Å². The number of para-hydroxylation sites is 1. The summed E-state index contributed by atoms with van der Waals surface area (Å²) in [7, 11) is -3.81. The van der Waals surface area contributed by atoms with Gasteiger partial charge in [0.2, 0.25) is 10.0 Å². The minimum atomic E-state index is -3.81. The molecule has 7 nitrogen and oxygen atoms in total. The number of carbonyl (C=O) groups excluding carboxylic acids is 1. The van der Waals surface area contributed by atoms with Crippen molar-refractivity contribution in [3.05, 3.63) is 102 Å². The lowest BCUT2D eigenvalue weighted by atomic mass is 10.1. The van der Waals surface area contributed by atoms with Gasteiger partial charge in [-0.2, -0.15) is 5.10 Å². The fourth-order valence-corrected chi connectivity index (χ4v) is 3.76. The van der Waals surface area contributed by atoms with E-state index >= 15 is 0 Å². The summed E-state index contributed by atoms with van der Waals surface area (Å²) in [5.41, 5.74) is 3.24. The molecule has 1 aromatic heterocycles. The first-order valence-electron chi connectivity index (χ1n) is 9.52. The molecule has 3 aromatic carbocycles. The number of benzene rings is 3. The van der Waals surface area contributed by atoms with E-state index in [1.807, 2.05) is 60.7 Å². The van der Waals surface area contributed by atoms with Gasteiger partial charge in [0.1, 0.15) is 5.69 Å². The lowest BCUT2D eigenvalue weighted by molar-refractivity contribution is 0.0951. The Morgan fingerprint density at radius 2 is 1.61 bits per heavy atom. The standard InChI is InChI=1S/C23H20N4O3S/c24-31(29,30)20-13-7-8-17(14-20)15-25-23(28)21-16-27(19-11-5-2-6-12-19)26-22(21)18-9-3-1-4-10-18/h1-14,16H,15H2,(H,25,28)(H2,24,29,30). The van der Waals surface area contributed by atoms with Gasteiger partial charge in [0.05, 0.1) is 16.1 Å². The normalized spacial score (nSPS) is 11.3. The number of amides is 1. The van der Waals surface area contributed by atoms with E-state index in [1.165, 1.54) is 12.1 Å². The van der Waals surface area contributed by atoms with Gasteiger partial charge in [0.25, 0.3) is 5.91 Å². The molecule has 4 rings (SSSR count). The summed E-state index contributed by atoms with van der Waals surface area (Å²) in [5.74, 6) is -0.318. The number of hydrogen-bond donors (Lipinski definition) is 2. The maximum Gasteiger partial charge on any atom is 0.255 e. The van der Waals surface area contributed by atoms with Gasteiger partial charge in [-0.25, -0.2) is 18.2 Å². The Hall–Kier alpha value is -3.75. The molecule has 0 aliphatic carbocycles. The third kappa shape index (κ3) is 4.71. The van der Waals surface area contributed by atoms with Crippen molar-refractivity contribution in [2.24, 2.45) is 5.14 Å². The monoisotopic (exact) mass is 432 g/mol. The fourth-order valence-electron chi connectivity index (χ4n) is 3.17. The number of nitrogens with one attached hydrogen (secondary N) is 1. The second-order valence-corrected chi connectivity index (χ2v) is 8.47. The van der Waals surface area contributed by atoms with Crippen LogP contribution in [0.4, 0.5) is 0 Å². The maximum atomic E-state index is 13.0. The average Bonchev–Trinajstić information content (AvgIpc) is 3.24. The number of aromatic nitrogens is 2. The number of carbonyl (C=O) groups is 1. The molecule has 0 radical (unpaired) electrons. The van der Waals surface area contributed by atoms with Crippen molar-refractivity contribution in [2.45, 2.75) is 11.4 Å². The van der Waals surface area contributed by atoms with Crippen LogP contribution in [0.5, 0.6) is 0 Å². The zero-order chi connectivity index (χ0) is 21.8. The molecule has 0 bridgehead atoms. The number of rotatable bonds is 6. The predicted octanol–water partition coefficient (Wildman–Crippen LogP) is 3.12. The highest BCUT2D eigenvalue weighted by molar-refractivity contribution is 7.89. The van der Waals surface area contributed by atoms with E-state index < -0.39 is 10.0 Å². The Morgan fingerprint density at radius 1 is 0.935 bits per heavy atom. The number of hydrogen-bond acceptors (Lipinski definition) is 4. The first-order chi connectivity index (χ1) is 14.9. The van der Waals surface area contributed by atoms with Crippen LogP contribution in [0.25, 0.3) is 16.9 Å². The summed E-state index contributed by atoms with van der Waals surface area (Å²) in [6.07, 6.45) is 1.69. The minimum Gasteiger partial charge on any atom is -0.348 e. The summed E-state index contributed by atoms with van der Waals surface area (Å²) < 4.78 is 24.8. The van der Waals surface area contributed by atoms with Crippen LogP contribution in [0, 0.1) is 0 Å². The second-order valence-electron chi connectivity index (χ2n) is 6.91. The average molecular weight is 433 g/mol. The molecule has 0 fully saturated rings. The Kier molecular flexibility index (Phi) is 5.66. The van der Waals surface area contributed by atoms with Crippen LogP contribution in [0.1, 0.15) is 15.9 Å². The molecule has 1 heterocycles. The molecule has 0 aliphatic heterocycles. The summed E-state index contributed by atoms with van der Waals surface area (Å²) in [4.78, 5) is 13.0. The second kappa shape index (κ2) is 8.55. The van der Waals surface area contributed by atoms with Crippen molar-refractivity contribution < 1.29 is 13.2 Å². The number of sulfonamides is 1. The molecule has 4 aromatic rings. The molecule has 0 saturated heterocycles. The zero-order valence-corrected chi connectivity index (χ0v) is 17.3. The third-order valence-electron chi connectivity index (χ3n) is 4.71. The Balaban J connectivity index is 1.64. The van der Waals surface area contributed by atoms with Crippen LogP contribution in [-0.4, -0.2) is 24.1 Å². The molecule has 3 N–H and O–H groups in total. The number of nitrogens with zero attached hydrogens (tertiary/aromatic N) is 2. The van der Waals surface area contributed by atoms with Crippen LogP contribution >= 0.6 is 0 Å². The summed E-state index contributed by atoms with van der Waals surface area (Å²) in [6.45, 7) is 0.146. The van der Waals surface area contributed by atoms with E-state index in [0.29, 0.717) is 16.8 Å². The fraction of sp³-hybridized carbons (Fsp3) is 0.0435. The van der Waals surface area contributed by atoms with Crippen LogP contribution in [0.3, 0.4) is 0 Å². The highest BCUT2D eigenvalue weighted by Crippen LogP contribution is 2.23. The van der Waals surface area contributed by atoms with E-state index in [2.05, 4.69) is 10.4 Å². The molecular weight excluding hydrogens is 412 g/mol. The van der Waals surface area contributed by atoms with Gasteiger partial charge in [0, 0.05) is 18.3 Å².